The van der Waals surface area contributed by atoms with Crippen LogP contribution in [0, 0.1) is 5.41 Å². The van der Waals surface area contributed by atoms with Gasteiger partial charge in [0.1, 0.15) is 0 Å². The molecular weight excluding hydrogens is 322 g/mol. The van der Waals surface area contributed by atoms with Gasteiger partial charge in [0.15, 0.2) is 17.5 Å². The van der Waals surface area contributed by atoms with E-state index in [0.29, 0.717) is 13.2 Å². The molecule has 7 nitrogen and oxygen atoms in total. The van der Waals surface area contributed by atoms with Gasteiger partial charge < -0.3 is 30.0 Å². The van der Waals surface area contributed by atoms with Crippen molar-refractivity contribution in [1.82, 2.24) is 10.6 Å². The number of aliphatic hydroxyl groups is 1. The number of nitrogens with zero attached hydrogens (tertiary/aromatic N) is 1. The molecule has 7 heteroatoms. The fourth-order valence-electron chi connectivity index (χ4n) is 3.13. The van der Waals surface area contributed by atoms with Gasteiger partial charge in [0.25, 0.3) is 0 Å². The summed E-state index contributed by atoms with van der Waals surface area (Å²) < 4.78 is 16.3. The highest BCUT2D eigenvalue weighted by Gasteiger charge is 2.34. The Hall–Kier alpha value is -1.99. The molecule has 0 radical (unpaired) electrons. The highest BCUT2D eigenvalue weighted by Crippen LogP contribution is 2.33. The first-order chi connectivity index (χ1) is 12.2. The molecule has 2 aliphatic rings. The van der Waals surface area contributed by atoms with E-state index in [1.807, 2.05) is 25.1 Å². The van der Waals surface area contributed by atoms with Crippen molar-refractivity contribution in [2.75, 3.05) is 39.7 Å². The van der Waals surface area contributed by atoms with Crippen LogP contribution in [0.25, 0.3) is 0 Å². The summed E-state index contributed by atoms with van der Waals surface area (Å²) in [7, 11) is 0. The van der Waals surface area contributed by atoms with Gasteiger partial charge in [0.05, 0.1) is 13.2 Å². The van der Waals surface area contributed by atoms with Gasteiger partial charge in [-0.1, -0.05) is 6.07 Å². The third kappa shape index (κ3) is 4.55. The lowest BCUT2D eigenvalue weighted by molar-refractivity contribution is 0.127. The van der Waals surface area contributed by atoms with Crippen molar-refractivity contribution < 1.29 is 19.3 Å². The molecule has 1 unspecified atom stereocenters. The Balaban J connectivity index is 1.60. The van der Waals surface area contributed by atoms with Gasteiger partial charge in [-0.25, -0.2) is 4.99 Å². The van der Waals surface area contributed by atoms with Crippen molar-refractivity contribution in [3.63, 3.8) is 0 Å². The van der Waals surface area contributed by atoms with E-state index in [4.69, 9.17) is 14.2 Å². The molecule has 0 bridgehead atoms. The van der Waals surface area contributed by atoms with Crippen LogP contribution in [0.5, 0.6) is 11.5 Å². The van der Waals surface area contributed by atoms with E-state index in [9.17, 15) is 5.11 Å². The molecule has 0 spiro atoms. The second-order valence-corrected chi connectivity index (χ2v) is 6.51. The molecule has 2 heterocycles. The number of benzene rings is 1. The molecule has 3 N–H and O–H groups in total. The molecule has 2 aliphatic heterocycles. The molecule has 1 atom stereocenters. The Bertz CT molecular complexity index is 600. The lowest BCUT2D eigenvalue weighted by atomic mass is 9.84. The van der Waals surface area contributed by atoms with Crippen LogP contribution >= 0.6 is 0 Å². The second-order valence-electron chi connectivity index (χ2n) is 6.51. The molecule has 1 aromatic rings. The summed E-state index contributed by atoms with van der Waals surface area (Å²) in [6.45, 7) is 6.01. The zero-order valence-electron chi connectivity index (χ0n) is 14.7. The van der Waals surface area contributed by atoms with Crippen LogP contribution in [0.1, 0.15) is 25.3 Å². The van der Waals surface area contributed by atoms with Gasteiger partial charge in [0, 0.05) is 31.7 Å². The minimum absolute atomic E-state index is 0.0102. The minimum atomic E-state index is -0.0102. The number of guanidine groups is 1. The monoisotopic (exact) mass is 349 g/mol. The largest absolute Gasteiger partial charge is 0.454 e. The van der Waals surface area contributed by atoms with Crippen LogP contribution in [0.4, 0.5) is 0 Å². The Kier molecular flexibility index (Phi) is 5.99. The Morgan fingerprint density at radius 3 is 2.92 bits per heavy atom. The lowest BCUT2D eigenvalue weighted by Gasteiger charge is -2.27. The van der Waals surface area contributed by atoms with Crippen LogP contribution in [0.2, 0.25) is 0 Å². The van der Waals surface area contributed by atoms with Crippen molar-refractivity contribution in [3.05, 3.63) is 23.8 Å². The van der Waals surface area contributed by atoms with Crippen LogP contribution in [0.15, 0.2) is 23.2 Å². The van der Waals surface area contributed by atoms with E-state index < -0.39 is 0 Å². The molecule has 25 heavy (non-hydrogen) atoms. The van der Waals surface area contributed by atoms with Crippen LogP contribution in [-0.4, -0.2) is 50.8 Å². The van der Waals surface area contributed by atoms with Crippen LogP contribution < -0.4 is 20.1 Å². The molecule has 0 saturated carbocycles. The third-order valence-corrected chi connectivity index (χ3v) is 4.66. The van der Waals surface area contributed by atoms with Gasteiger partial charge in [-0.2, -0.15) is 0 Å². The van der Waals surface area contributed by atoms with E-state index >= 15 is 0 Å². The quantitative estimate of drug-likeness (QED) is 0.508. The molecule has 0 aliphatic carbocycles. The topological polar surface area (TPSA) is 84.3 Å². The summed E-state index contributed by atoms with van der Waals surface area (Å²) in [5.41, 5.74) is 1.06. The minimum Gasteiger partial charge on any atom is -0.454 e. The smallest absolute Gasteiger partial charge is 0.231 e. The fraction of sp³-hybridized carbons (Fsp3) is 0.611. The van der Waals surface area contributed by atoms with Crippen molar-refractivity contribution >= 4 is 5.96 Å². The zero-order valence-corrected chi connectivity index (χ0v) is 14.7. The summed E-state index contributed by atoms with van der Waals surface area (Å²) in [6.07, 6.45) is 1.70. The predicted octanol–water partition coefficient (Wildman–Crippen LogP) is 1.26. The average molecular weight is 349 g/mol. The summed E-state index contributed by atoms with van der Waals surface area (Å²) >= 11 is 0. The van der Waals surface area contributed by atoms with E-state index in [0.717, 1.165) is 55.6 Å². The average Bonchev–Trinajstić information content (AvgIpc) is 3.27. The standard InChI is InChI=1S/C18H27N3O4/c1-2-19-17(21-11-18(5-7-22)6-8-23-12-18)20-10-14-3-4-15-16(9-14)25-13-24-15/h3-4,9,22H,2,5-8,10-13H2,1H3,(H2,19,20,21). The number of hydrogen-bond donors (Lipinski definition) is 3. The predicted molar refractivity (Wildman–Crippen MR) is 95.0 cm³/mol. The van der Waals surface area contributed by atoms with E-state index in [2.05, 4.69) is 15.6 Å². The number of aliphatic hydroxyl groups excluding tert-OH is 1. The van der Waals surface area contributed by atoms with Crippen molar-refractivity contribution in [1.29, 1.82) is 0 Å². The number of rotatable bonds is 7. The number of aliphatic imine (C=N–C) groups is 1. The van der Waals surface area contributed by atoms with Crippen molar-refractivity contribution in [2.24, 2.45) is 10.4 Å². The fourth-order valence-corrected chi connectivity index (χ4v) is 3.13. The van der Waals surface area contributed by atoms with Gasteiger partial charge in [-0.3, -0.25) is 0 Å². The molecular formula is C18H27N3O4. The highest BCUT2D eigenvalue weighted by molar-refractivity contribution is 5.79. The number of ether oxygens (including phenoxy) is 3. The Labute approximate surface area is 148 Å². The van der Waals surface area contributed by atoms with E-state index in [1.54, 1.807) is 0 Å². The maximum atomic E-state index is 9.34. The van der Waals surface area contributed by atoms with Crippen molar-refractivity contribution in [3.8, 4) is 11.5 Å². The van der Waals surface area contributed by atoms with Gasteiger partial charge in [0.2, 0.25) is 6.79 Å². The maximum absolute atomic E-state index is 9.34. The van der Waals surface area contributed by atoms with E-state index in [1.165, 1.54) is 0 Å². The first-order valence-corrected chi connectivity index (χ1v) is 8.84. The first-order valence-electron chi connectivity index (χ1n) is 8.84. The van der Waals surface area contributed by atoms with Gasteiger partial charge >= 0.3 is 0 Å². The van der Waals surface area contributed by atoms with E-state index in [-0.39, 0.29) is 18.8 Å². The van der Waals surface area contributed by atoms with Crippen molar-refractivity contribution in [2.45, 2.75) is 26.3 Å². The van der Waals surface area contributed by atoms with Gasteiger partial charge in [-0.05, 0) is 37.5 Å². The molecule has 138 valence electrons. The number of nitrogens with one attached hydrogen (secondary N) is 2. The normalized spacial score (nSPS) is 22.2. The Morgan fingerprint density at radius 1 is 1.28 bits per heavy atom. The molecule has 1 aromatic carbocycles. The molecule has 1 saturated heterocycles. The summed E-state index contributed by atoms with van der Waals surface area (Å²) in [4.78, 5) is 4.66. The number of hydrogen-bond acceptors (Lipinski definition) is 5. The van der Waals surface area contributed by atoms with Crippen LogP contribution in [-0.2, 0) is 11.3 Å². The van der Waals surface area contributed by atoms with Gasteiger partial charge in [-0.15, -0.1) is 0 Å². The third-order valence-electron chi connectivity index (χ3n) is 4.66. The Morgan fingerprint density at radius 2 is 2.16 bits per heavy atom. The molecule has 1 fully saturated rings. The van der Waals surface area contributed by atoms with Crippen LogP contribution in [0.3, 0.4) is 0 Å². The second kappa shape index (κ2) is 8.40. The molecule has 0 aromatic heterocycles. The lowest BCUT2D eigenvalue weighted by Crippen LogP contribution is -2.44. The molecule has 3 rings (SSSR count). The summed E-state index contributed by atoms with van der Waals surface area (Å²) in [6, 6.07) is 5.88. The number of fused-ring (bicyclic) bond motifs is 1. The zero-order chi connectivity index (χ0) is 17.5. The summed E-state index contributed by atoms with van der Waals surface area (Å²) in [5.74, 6) is 2.32. The SMILES string of the molecule is CCNC(=NCc1ccc2c(c1)OCO2)NCC1(CCO)CCOC1. The first kappa shape index (κ1) is 17.8. The highest BCUT2D eigenvalue weighted by atomic mass is 16.7. The summed E-state index contributed by atoms with van der Waals surface area (Å²) in [5, 5.41) is 16.0. The molecule has 0 amide bonds. The maximum Gasteiger partial charge on any atom is 0.231 e.